The molecular formula is C16H25Cl2N3O. The molecule has 22 heavy (non-hydrogen) atoms. The molecule has 0 spiro atoms. The molecule has 0 radical (unpaired) electrons. The molecule has 3 N–H and O–H groups in total. The van der Waals surface area contributed by atoms with Crippen LogP contribution in [0.3, 0.4) is 0 Å². The molecule has 0 saturated carbocycles. The predicted molar refractivity (Wildman–Crippen MR) is 94.8 cm³/mol. The second kappa shape index (κ2) is 9.36. The molecule has 1 heterocycles. The van der Waals surface area contributed by atoms with Crippen molar-refractivity contribution in [1.82, 2.24) is 4.90 Å². The highest BCUT2D eigenvalue weighted by Gasteiger charge is 2.25. The fourth-order valence-electron chi connectivity index (χ4n) is 2.87. The minimum atomic E-state index is 0. The van der Waals surface area contributed by atoms with Crippen LogP contribution in [0.1, 0.15) is 26.2 Å². The molecule has 0 aliphatic carbocycles. The Morgan fingerprint density at radius 1 is 1.50 bits per heavy atom. The molecule has 1 aliphatic rings. The molecule has 2 unspecified atom stereocenters. The average Bonchev–Trinajstić information content (AvgIpc) is 2.45. The Labute approximate surface area is 143 Å². The summed E-state index contributed by atoms with van der Waals surface area (Å²) in [5.41, 5.74) is 6.59. The van der Waals surface area contributed by atoms with Gasteiger partial charge < -0.3 is 11.1 Å². The lowest BCUT2D eigenvalue weighted by atomic mass is 9.92. The van der Waals surface area contributed by atoms with Gasteiger partial charge in [-0.2, -0.15) is 0 Å². The molecular weight excluding hydrogens is 321 g/mol. The van der Waals surface area contributed by atoms with Crippen LogP contribution in [0, 0.1) is 5.92 Å². The molecule has 2 rings (SSSR count). The van der Waals surface area contributed by atoms with E-state index in [4.69, 9.17) is 17.3 Å². The quantitative estimate of drug-likeness (QED) is 0.861. The molecule has 1 aromatic rings. The molecule has 4 nitrogen and oxygen atoms in total. The highest BCUT2D eigenvalue weighted by atomic mass is 35.5. The number of piperidine rings is 1. The minimum Gasteiger partial charge on any atom is -0.329 e. The summed E-state index contributed by atoms with van der Waals surface area (Å²) in [7, 11) is 0. The van der Waals surface area contributed by atoms with Gasteiger partial charge in [-0.3, -0.25) is 9.69 Å². The number of rotatable bonds is 5. The summed E-state index contributed by atoms with van der Waals surface area (Å²) in [6.07, 6.45) is 2.80. The molecule has 1 aromatic carbocycles. The zero-order valence-electron chi connectivity index (χ0n) is 12.9. The van der Waals surface area contributed by atoms with Crippen LogP contribution >= 0.6 is 24.0 Å². The summed E-state index contributed by atoms with van der Waals surface area (Å²) in [5.74, 6) is 0.752. The maximum atomic E-state index is 12.0. The second-order valence-electron chi connectivity index (χ2n) is 5.86. The first kappa shape index (κ1) is 19.2. The molecule has 1 amide bonds. The van der Waals surface area contributed by atoms with Crippen molar-refractivity contribution in [1.29, 1.82) is 0 Å². The number of amides is 1. The van der Waals surface area contributed by atoms with Gasteiger partial charge in [-0.25, -0.2) is 0 Å². The molecule has 0 bridgehead atoms. The highest BCUT2D eigenvalue weighted by Crippen LogP contribution is 2.22. The van der Waals surface area contributed by atoms with E-state index in [0.717, 1.165) is 31.1 Å². The van der Waals surface area contributed by atoms with Gasteiger partial charge in [0.25, 0.3) is 0 Å². The number of benzene rings is 1. The summed E-state index contributed by atoms with van der Waals surface area (Å²) < 4.78 is 0. The summed E-state index contributed by atoms with van der Waals surface area (Å²) in [4.78, 5) is 14.4. The monoisotopic (exact) mass is 345 g/mol. The van der Waals surface area contributed by atoms with Crippen LogP contribution in [0.4, 0.5) is 5.69 Å². The van der Waals surface area contributed by atoms with Gasteiger partial charge in [-0.1, -0.05) is 24.6 Å². The number of hydrogen-bond acceptors (Lipinski definition) is 3. The lowest BCUT2D eigenvalue weighted by Gasteiger charge is -2.37. The van der Waals surface area contributed by atoms with E-state index in [0.29, 0.717) is 24.0 Å². The summed E-state index contributed by atoms with van der Waals surface area (Å²) in [6.45, 7) is 4.74. The molecule has 1 saturated heterocycles. The average molecular weight is 346 g/mol. The van der Waals surface area contributed by atoms with Crippen LogP contribution in [0.15, 0.2) is 24.3 Å². The van der Waals surface area contributed by atoms with Gasteiger partial charge in [0.1, 0.15) is 0 Å². The van der Waals surface area contributed by atoms with Gasteiger partial charge in [-0.15, -0.1) is 12.4 Å². The van der Waals surface area contributed by atoms with Crippen molar-refractivity contribution in [3.05, 3.63) is 29.3 Å². The van der Waals surface area contributed by atoms with Crippen molar-refractivity contribution in [2.24, 2.45) is 11.7 Å². The van der Waals surface area contributed by atoms with Crippen LogP contribution in [-0.2, 0) is 4.79 Å². The van der Waals surface area contributed by atoms with Gasteiger partial charge >= 0.3 is 0 Å². The van der Waals surface area contributed by atoms with E-state index >= 15 is 0 Å². The van der Waals surface area contributed by atoms with Crippen molar-refractivity contribution in [2.45, 2.75) is 32.2 Å². The molecule has 1 fully saturated rings. The number of likely N-dealkylation sites (tertiary alicyclic amines) is 1. The lowest BCUT2D eigenvalue weighted by Crippen LogP contribution is -2.47. The topological polar surface area (TPSA) is 58.4 Å². The van der Waals surface area contributed by atoms with Crippen molar-refractivity contribution in [2.75, 3.05) is 25.0 Å². The Morgan fingerprint density at radius 2 is 2.27 bits per heavy atom. The number of nitrogens with one attached hydrogen (secondary N) is 1. The Morgan fingerprint density at radius 3 is 2.95 bits per heavy atom. The number of carbonyl (C=O) groups is 1. The van der Waals surface area contributed by atoms with E-state index in [-0.39, 0.29) is 18.3 Å². The third-order valence-electron chi connectivity index (χ3n) is 4.11. The Hall–Kier alpha value is -0.810. The summed E-state index contributed by atoms with van der Waals surface area (Å²) in [6, 6.07) is 7.62. The van der Waals surface area contributed by atoms with Gasteiger partial charge in [0, 0.05) is 36.3 Å². The minimum absolute atomic E-state index is 0. The molecule has 6 heteroatoms. The number of hydrogen-bond donors (Lipinski definition) is 2. The predicted octanol–water partition coefficient (Wildman–Crippen LogP) is 3.15. The van der Waals surface area contributed by atoms with Gasteiger partial charge in [-0.05, 0) is 43.5 Å². The van der Waals surface area contributed by atoms with Crippen molar-refractivity contribution in [3.8, 4) is 0 Å². The fourth-order valence-corrected chi connectivity index (χ4v) is 3.07. The second-order valence-corrected chi connectivity index (χ2v) is 6.30. The van der Waals surface area contributed by atoms with Crippen molar-refractivity contribution >= 4 is 35.6 Å². The summed E-state index contributed by atoms with van der Waals surface area (Å²) >= 11 is 5.91. The fraction of sp³-hybridized carbons (Fsp3) is 0.562. The highest BCUT2D eigenvalue weighted by molar-refractivity contribution is 6.30. The zero-order valence-corrected chi connectivity index (χ0v) is 14.5. The zero-order chi connectivity index (χ0) is 15.2. The van der Waals surface area contributed by atoms with Crippen molar-refractivity contribution in [3.63, 3.8) is 0 Å². The molecule has 2 atom stereocenters. The maximum absolute atomic E-state index is 12.0. The number of halogens is 2. The number of carbonyl (C=O) groups excluding carboxylic acids is 1. The van der Waals surface area contributed by atoms with Crippen LogP contribution in [-0.4, -0.2) is 36.5 Å². The molecule has 0 aromatic heterocycles. The van der Waals surface area contributed by atoms with E-state index in [9.17, 15) is 4.79 Å². The Balaban J connectivity index is 0.00000242. The first-order valence-electron chi connectivity index (χ1n) is 7.58. The largest absolute Gasteiger partial charge is 0.329 e. The smallest absolute Gasteiger partial charge is 0.225 e. The van der Waals surface area contributed by atoms with E-state index in [1.807, 2.05) is 12.1 Å². The van der Waals surface area contributed by atoms with Crippen LogP contribution in [0.2, 0.25) is 5.02 Å². The first-order valence-corrected chi connectivity index (χ1v) is 7.96. The first-order chi connectivity index (χ1) is 10.1. The van der Waals surface area contributed by atoms with Crippen LogP contribution < -0.4 is 11.1 Å². The van der Waals surface area contributed by atoms with E-state index in [1.54, 1.807) is 12.1 Å². The van der Waals surface area contributed by atoms with E-state index in [2.05, 4.69) is 17.1 Å². The number of nitrogens with zero attached hydrogens (tertiary/aromatic N) is 1. The van der Waals surface area contributed by atoms with Gasteiger partial charge in [0.15, 0.2) is 0 Å². The van der Waals surface area contributed by atoms with E-state index < -0.39 is 0 Å². The van der Waals surface area contributed by atoms with Gasteiger partial charge in [0.05, 0.1) is 0 Å². The lowest BCUT2D eigenvalue weighted by molar-refractivity contribution is -0.116. The van der Waals surface area contributed by atoms with E-state index in [1.165, 1.54) is 6.42 Å². The van der Waals surface area contributed by atoms with Crippen molar-refractivity contribution < 1.29 is 4.79 Å². The maximum Gasteiger partial charge on any atom is 0.225 e. The Kier molecular flexibility index (Phi) is 8.18. The SMILES string of the molecule is CC1CCN(CCC(=O)Nc2cccc(Cl)c2)C(CN)C1.Cl. The molecule has 124 valence electrons. The van der Waals surface area contributed by atoms with Crippen LogP contribution in [0.5, 0.6) is 0 Å². The number of anilines is 1. The van der Waals surface area contributed by atoms with Gasteiger partial charge in [0.2, 0.25) is 5.91 Å². The third kappa shape index (κ3) is 5.76. The van der Waals surface area contributed by atoms with Crippen LogP contribution in [0.25, 0.3) is 0 Å². The standard InChI is InChI=1S/C16H24ClN3O.ClH/c1-12-5-7-20(15(9-12)11-18)8-6-16(21)19-14-4-2-3-13(17)10-14;/h2-4,10,12,15H,5-9,11,18H2,1H3,(H,19,21);1H. The normalized spacial score (nSPS) is 22.0. The Bertz CT molecular complexity index is 484. The summed E-state index contributed by atoms with van der Waals surface area (Å²) in [5, 5.41) is 3.51. The number of nitrogens with two attached hydrogens (primary N) is 1. The molecule has 1 aliphatic heterocycles. The third-order valence-corrected chi connectivity index (χ3v) is 4.34.